The molecular weight excluding hydrogens is 406 g/mol. The lowest BCUT2D eigenvalue weighted by molar-refractivity contribution is -0.154. The number of fused-ring (bicyclic) bond motifs is 1. The van der Waals surface area contributed by atoms with E-state index in [0.717, 1.165) is 10.1 Å². The van der Waals surface area contributed by atoms with Gasteiger partial charge in [0.1, 0.15) is 6.54 Å². The van der Waals surface area contributed by atoms with E-state index >= 15 is 0 Å². The van der Waals surface area contributed by atoms with Crippen LogP contribution in [0.5, 0.6) is 0 Å². The Labute approximate surface area is 176 Å². The minimum absolute atomic E-state index is 0.143. The van der Waals surface area contributed by atoms with E-state index in [0.29, 0.717) is 13.2 Å². The van der Waals surface area contributed by atoms with E-state index in [-0.39, 0.29) is 17.7 Å². The molecule has 1 aromatic carbocycles. The maximum Gasteiger partial charge on any atom is 0.333 e. The molecule has 2 aromatic heterocycles. The molecule has 2 N–H and O–H groups in total. The normalized spacial score (nSPS) is 12.1. The van der Waals surface area contributed by atoms with E-state index < -0.39 is 35.8 Å². The first kappa shape index (κ1) is 22.0. The summed E-state index contributed by atoms with van der Waals surface area (Å²) >= 11 is 0. The number of aromatic nitrogens is 4. The first-order chi connectivity index (χ1) is 14.8. The molecule has 164 valence electrons. The summed E-state index contributed by atoms with van der Waals surface area (Å²) in [6, 6.07) is 9.16. The molecule has 1 atom stereocenters. The van der Waals surface area contributed by atoms with Crippen molar-refractivity contribution in [3.05, 3.63) is 63.1 Å². The van der Waals surface area contributed by atoms with Crippen molar-refractivity contribution >= 4 is 23.0 Å². The second kappa shape index (κ2) is 9.39. The van der Waals surface area contributed by atoms with Crippen LogP contribution in [-0.4, -0.2) is 50.4 Å². The van der Waals surface area contributed by atoms with E-state index in [1.807, 2.05) is 30.3 Å². The van der Waals surface area contributed by atoms with Gasteiger partial charge in [-0.25, -0.2) is 14.3 Å². The Kier molecular flexibility index (Phi) is 6.65. The molecule has 11 nitrogen and oxygen atoms in total. The number of rotatable bonds is 9. The van der Waals surface area contributed by atoms with Gasteiger partial charge in [-0.2, -0.15) is 0 Å². The monoisotopic (exact) mass is 429 g/mol. The largest absolute Gasteiger partial charge is 0.451 e. The van der Waals surface area contributed by atoms with Gasteiger partial charge in [-0.05, 0) is 12.5 Å². The van der Waals surface area contributed by atoms with Crippen LogP contribution >= 0.6 is 0 Å². The van der Waals surface area contributed by atoms with Crippen LogP contribution in [-0.2, 0) is 38.7 Å². The number of carbonyl (C=O) groups excluding carboxylic acids is 2. The van der Waals surface area contributed by atoms with Crippen molar-refractivity contribution in [1.29, 1.82) is 0 Å². The predicted molar refractivity (Wildman–Crippen MR) is 110 cm³/mol. The number of primary amides is 1. The maximum absolute atomic E-state index is 13.1. The molecular formula is C20H23N5O6. The van der Waals surface area contributed by atoms with Gasteiger partial charge in [-0.3, -0.25) is 19.0 Å². The van der Waals surface area contributed by atoms with Gasteiger partial charge in [0, 0.05) is 13.7 Å². The number of esters is 1. The van der Waals surface area contributed by atoms with Crippen LogP contribution in [0, 0.1) is 0 Å². The van der Waals surface area contributed by atoms with Gasteiger partial charge >= 0.3 is 11.7 Å². The average molecular weight is 429 g/mol. The van der Waals surface area contributed by atoms with Gasteiger partial charge < -0.3 is 19.8 Å². The van der Waals surface area contributed by atoms with E-state index in [9.17, 15) is 19.2 Å². The fourth-order valence-electron chi connectivity index (χ4n) is 3.07. The summed E-state index contributed by atoms with van der Waals surface area (Å²) in [5, 5.41) is 0. The molecule has 31 heavy (non-hydrogen) atoms. The quantitative estimate of drug-likeness (QED) is 0.451. The Morgan fingerprint density at radius 3 is 2.52 bits per heavy atom. The Morgan fingerprint density at radius 2 is 1.87 bits per heavy atom. The molecule has 11 heteroatoms. The molecule has 0 aliphatic carbocycles. The smallest absolute Gasteiger partial charge is 0.333 e. The second-order valence-electron chi connectivity index (χ2n) is 6.88. The lowest BCUT2D eigenvalue weighted by Crippen LogP contribution is -2.43. The van der Waals surface area contributed by atoms with Crippen LogP contribution in [0.4, 0.5) is 0 Å². The van der Waals surface area contributed by atoms with Crippen molar-refractivity contribution in [2.24, 2.45) is 5.73 Å². The highest BCUT2D eigenvalue weighted by molar-refractivity contribution is 5.82. The van der Waals surface area contributed by atoms with Crippen molar-refractivity contribution in [2.45, 2.75) is 32.7 Å². The number of amides is 1. The molecule has 1 amide bonds. The van der Waals surface area contributed by atoms with Crippen LogP contribution in [0.3, 0.4) is 0 Å². The molecule has 0 spiro atoms. The summed E-state index contributed by atoms with van der Waals surface area (Å²) in [5.41, 5.74) is 4.85. The Hall–Kier alpha value is -3.73. The summed E-state index contributed by atoms with van der Waals surface area (Å²) in [4.78, 5) is 53.9. The number of benzene rings is 1. The second-order valence-corrected chi connectivity index (χ2v) is 6.88. The topological polar surface area (TPSA) is 140 Å². The maximum atomic E-state index is 13.1. The molecule has 0 saturated heterocycles. The van der Waals surface area contributed by atoms with Crippen LogP contribution in [0.2, 0.25) is 0 Å². The summed E-state index contributed by atoms with van der Waals surface area (Å²) < 4.78 is 13.6. The van der Waals surface area contributed by atoms with Gasteiger partial charge in [0.2, 0.25) is 0 Å². The number of hydrogen-bond acceptors (Lipinski definition) is 7. The number of hydrogen-bond donors (Lipinski definition) is 1. The zero-order valence-electron chi connectivity index (χ0n) is 17.2. The van der Waals surface area contributed by atoms with Crippen molar-refractivity contribution in [3.8, 4) is 0 Å². The summed E-state index contributed by atoms with van der Waals surface area (Å²) in [7, 11) is 1.53. The van der Waals surface area contributed by atoms with Crippen molar-refractivity contribution in [1.82, 2.24) is 18.7 Å². The fourth-order valence-corrected chi connectivity index (χ4v) is 3.07. The minimum Gasteiger partial charge on any atom is -0.451 e. The molecule has 0 aliphatic rings. The number of ether oxygens (including phenoxy) is 2. The molecule has 0 saturated carbocycles. The van der Waals surface area contributed by atoms with E-state index in [2.05, 4.69) is 4.98 Å². The molecule has 0 radical (unpaired) electrons. The number of imidazole rings is 1. The van der Waals surface area contributed by atoms with E-state index in [4.69, 9.17) is 15.2 Å². The third-order valence-corrected chi connectivity index (χ3v) is 4.70. The summed E-state index contributed by atoms with van der Waals surface area (Å²) in [6.45, 7) is 1.43. The van der Waals surface area contributed by atoms with Gasteiger partial charge in [0.05, 0.1) is 19.5 Å². The number of carbonyl (C=O) groups is 2. The number of nitrogens with two attached hydrogens (primary N) is 1. The Balaban J connectivity index is 2.12. The zero-order valence-corrected chi connectivity index (χ0v) is 17.2. The zero-order chi connectivity index (χ0) is 22.5. The van der Waals surface area contributed by atoms with Crippen LogP contribution in [0.25, 0.3) is 11.2 Å². The van der Waals surface area contributed by atoms with E-state index in [1.54, 1.807) is 4.57 Å². The minimum atomic E-state index is -1.19. The van der Waals surface area contributed by atoms with Crippen molar-refractivity contribution < 1.29 is 19.1 Å². The predicted octanol–water partition coefficient (Wildman–Crippen LogP) is -0.529. The Bertz CT molecular complexity index is 1210. The lowest BCUT2D eigenvalue weighted by atomic mass is 10.2. The highest BCUT2D eigenvalue weighted by Gasteiger charge is 2.22. The van der Waals surface area contributed by atoms with Crippen LogP contribution < -0.4 is 17.0 Å². The molecule has 0 aliphatic heterocycles. The number of methoxy groups -OCH3 is 1. The first-order valence-corrected chi connectivity index (χ1v) is 9.53. The van der Waals surface area contributed by atoms with Crippen LogP contribution in [0.1, 0.15) is 12.5 Å². The molecule has 0 fully saturated rings. The third-order valence-electron chi connectivity index (χ3n) is 4.70. The first-order valence-electron chi connectivity index (χ1n) is 9.53. The molecule has 0 bridgehead atoms. The molecule has 2 heterocycles. The highest BCUT2D eigenvalue weighted by Crippen LogP contribution is 2.10. The fraction of sp³-hybridized carbons (Fsp3) is 0.350. The highest BCUT2D eigenvalue weighted by atomic mass is 16.5. The Morgan fingerprint density at radius 1 is 1.16 bits per heavy atom. The molecule has 1 unspecified atom stereocenters. The van der Waals surface area contributed by atoms with Gasteiger partial charge in [0.25, 0.3) is 11.5 Å². The van der Waals surface area contributed by atoms with Gasteiger partial charge in [-0.1, -0.05) is 30.3 Å². The van der Waals surface area contributed by atoms with Crippen LogP contribution in [0.15, 0.2) is 46.2 Å². The summed E-state index contributed by atoms with van der Waals surface area (Å²) in [6.07, 6.45) is 0.259. The van der Waals surface area contributed by atoms with Crippen molar-refractivity contribution in [3.63, 3.8) is 0 Å². The molecule has 3 rings (SSSR count). The number of nitrogens with zero attached hydrogens (tertiary/aromatic N) is 4. The summed E-state index contributed by atoms with van der Waals surface area (Å²) in [5.74, 6) is -1.77. The van der Waals surface area contributed by atoms with Gasteiger partial charge in [0.15, 0.2) is 17.3 Å². The molecule has 3 aromatic rings. The standard InChI is InChI=1S/C20H23N5O6/c1-13(17(21)27)31-15(26)11-25-19(28)16-18(22-12-23(16)8-9-30-2)24(20(25)29)10-14-6-4-3-5-7-14/h3-7,12-13H,8-11H2,1-2H3,(H2,21,27). The van der Waals surface area contributed by atoms with E-state index in [1.165, 1.54) is 24.9 Å². The third kappa shape index (κ3) is 4.72. The lowest BCUT2D eigenvalue weighted by Gasteiger charge is -2.14. The average Bonchev–Trinajstić information content (AvgIpc) is 3.17. The SMILES string of the molecule is COCCn1cnc2c1c(=O)n(CC(=O)OC(C)C(N)=O)c(=O)n2Cc1ccccc1. The van der Waals surface area contributed by atoms with Gasteiger partial charge in [-0.15, -0.1) is 0 Å². The van der Waals surface area contributed by atoms with Crippen molar-refractivity contribution in [2.75, 3.05) is 13.7 Å².